The number of hydrogen-bond acceptors (Lipinski definition) is 4. The molecule has 1 fully saturated rings. The van der Waals surface area contributed by atoms with Crippen molar-refractivity contribution in [3.8, 4) is 11.5 Å². The van der Waals surface area contributed by atoms with E-state index in [1.807, 2.05) is 30.3 Å². The van der Waals surface area contributed by atoms with Gasteiger partial charge in [0.2, 0.25) is 5.89 Å². The molecule has 5 nitrogen and oxygen atoms in total. The Morgan fingerprint density at radius 2 is 2.16 bits per heavy atom. The molecular formula is C19H26N4OS. The fourth-order valence-electron chi connectivity index (χ4n) is 3.12. The Morgan fingerprint density at radius 1 is 1.32 bits per heavy atom. The van der Waals surface area contributed by atoms with Gasteiger partial charge in [0.05, 0.1) is 12.2 Å². The van der Waals surface area contributed by atoms with Crippen LogP contribution in [0.15, 0.2) is 46.0 Å². The minimum atomic E-state index is 0.507. The van der Waals surface area contributed by atoms with Crippen LogP contribution < -0.4 is 10.6 Å². The molecule has 0 amide bonds. The van der Waals surface area contributed by atoms with Crippen LogP contribution in [0, 0.1) is 0 Å². The average Bonchev–Trinajstić information content (AvgIpc) is 3.29. The third kappa shape index (κ3) is 5.01. The molecule has 134 valence electrons. The van der Waals surface area contributed by atoms with Crippen molar-refractivity contribution >= 4 is 17.7 Å². The highest BCUT2D eigenvalue weighted by Crippen LogP contribution is 2.29. The smallest absolute Gasteiger partial charge is 0.226 e. The van der Waals surface area contributed by atoms with E-state index >= 15 is 0 Å². The van der Waals surface area contributed by atoms with Gasteiger partial charge in [-0.15, -0.1) is 0 Å². The first-order valence-corrected chi connectivity index (χ1v) is 9.92. The van der Waals surface area contributed by atoms with Crippen molar-refractivity contribution in [2.24, 2.45) is 4.99 Å². The molecular weight excluding hydrogens is 332 g/mol. The van der Waals surface area contributed by atoms with Crippen molar-refractivity contribution in [3.05, 3.63) is 42.3 Å². The predicted octanol–water partition coefficient (Wildman–Crippen LogP) is 3.68. The molecule has 25 heavy (non-hydrogen) atoms. The van der Waals surface area contributed by atoms with Gasteiger partial charge in [-0.2, -0.15) is 11.8 Å². The molecule has 1 heterocycles. The second kappa shape index (κ2) is 8.94. The van der Waals surface area contributed by atoms with E-state index in [1.54, 1.807) is 13.3 Å². The molecule has 3 rings (SSSR count). The Labute approximate surface area is 153 Å². The predicted molar refractivity (Wildman–Crippen MR) is 105 cm³/mol. The van der Waals surface area contributed by atoms with E-state index in [9.17, 15) is 0 Å². The molecule has 1 saturated carbocycles. The maximum absolute atomic E-state index is 5.58. The van der Waals surface area contributed by atoms with E-state index in [0.717, 1.165) is 22.5 Å². The first-order chi connectivity index (χ1) is 12.3. The summed E-state index contributed by atoms with van der Waals surface area (Å²) < 4.78 is 5.58. The number of thioether (sulfide) groups is 1. The average molecular weight is 359 g/mol. The minimum Gasteiger partial charge on any atom is -0.444 e. The summed E-state index contributed by atoms with van der Waals surface area (Å²) >= 11 is 2.07. The SMILES string of the molecule is CCSC1CCC(NC(=NC)NCc2coc(-c3ccccc3)n2)C1. The van der Waals surface area contributed by atoms with Gasteiger partial charge in [0.1, 0.15) is 6.26 Å². The third-order valence-corrected chi connectivity index (χ3v) is 5.59. The number of aromatic nitrogens is 1. The maximum atomic E-state index is 5.58. The molecule has 0 saturated heterocycles. The molecule has 2 atom stereocenters. The molecule has 6 heteroatoms. The van der Waals surface area contributed by atoms with Crippen molar-refractivity contribution in [2.45, 2.75) is 44.0 Å². The van der Waals surface area contributed by atoms with Crippen LogP contribution >= 0.6 is 11.8 Å². The van der Waals surface area contributed by atoms with Gasteiger partial charge in [-0.1, -0.05) is 25.1 Å². The van der Waals surface area contributed by atoms with E-state index in [1.165, 1.54) is 25.0 Å². The Balaban J connectivity index is 1.50. The lowest BCUT2D eigenvalue weighted by molar-refractivity contribution is 0.571. The maximum Gasteiger partial charge on any atom is 0.226 e. The van der Waals surface area contributed by atoms with Gasteiger partial charge < -0.3 is 15.1 Å². The Morgan fingerprint density at radius 3 is 2.92 bits per heavy atom. The first-order valence-electron chi connectivity index (χ1n) is 8.87. The van der Waals surface area contributed by atoms with Gasteiger partial charge in [0, 0.05) is 23.9 Å². The van der Waals surface area contributed by atoms with E-state index in [0.29, 0.717) is 18.5 Å². The fraction of sp³-hybridized carbons (Fsp3) is 0.474. The number of nitrogens with zero attached hydrogens (tertiary/aromatic N) is 2. The Kier molecular flexibility index (Phi) is 6.39. The molecule has 0 radical (unpaired) electrons. The molecule has 0 spiro atoms. The van der Waals surface area contributed by atoms with Crippen molar-refractivity contribution in [2.75, 3.05) is 12.8 Å². The van der Waals surface area contributed by atoms with Crippen molar-refractivity contribution < 1.29 is 4.42 Å². The Hall–Kier alpha value is -1.95. The zero-order chi connectivity index (χ0) is 17.5. The summed E-state index contributed by atoms with van der Waals surface area (Å²) in [5.74, 6) is 2.67. The normalized spacial score (nSPS) is 20.6. The Bertz CT molecular complexity index is 686. The molecule has 2 unspecified atom stereocenters. The van der Waals surface area contributed by atoms with Crippen molar-refractivity contribution in [1.82, 2.24) is 15.6 Å². The van der Waals surface area contributed by atoms with Crippen LogP contribution in [-0.4, -0.2) is 35.0 Å². The van der Waals surface area contributed by atoms with E-state index in [2.05, 4.69) is 39.3 Å². The van der Waals surface area contributed by atoms with Gasteiger partial charge in [-0.25, -0.2) is 4.98 Å². The molecule has 2 aromatic rings. The van der Waals surface area contributed by atoms with E-state index in [-0.39, 0.29) is 0 Å². The number of oxazole rings is 1. The third-order valence-electron chi connectivity index (χ3n) is 4.36. The van der Waals surface area contributed by atoms with Crippen molar-refractivity contribution in [1.29, 1.82) is 0 Å². The molecule has 0 bridgehead atoms. The van der Waals surface area contributed by atoms with Crippen molar-refractivity contribution in [3.63, 3.8) is 0 Å². The highest BCUT2D eigenvalue weighted by Gasteiger charge is 2.25. The van der Waals surface area contributed by atoms with Crippen LogP contribution in [-0.2, 0) is 6.54 Å². The van der Waals surface area contributed by atoms with Gasteiger partial charge in [0.15, 0.2) is 5.96 Å². The molecule has 1 aliphatic carbocycles. The van der Waals surface area contributed by atoms with Crippen LogP contribution in [0.25, 0.3) is 11.5 Å². The number of rotatable bonds is 6. The van der Waals surface area contributed by atoms with Gasteiger partial charge in [0.25, 0.3) is 0 Å². The quantitative estimate of drug-likeness (QED) is 0.609. The molecule has 2 N–H and O–H groups in total. The van der Waals surface area contributed by atoms with Crippen LogP contribution in [0.4, 0.5) is 0 Å². The van der Waals surface area contributed by atoms with E-state index < -0.39 is 0 Å². The molecule has 0 aliphatic heterocycles. The van der Waals surface area contributed by atoms with Crippen LogP contribution in [0.5, 0.6) is 0 Å². The highest BCUT2D eigenvalue weighted by atomic mass is 32.2. The number of aliphatic imine (C=N–C) groups is 1. The first kappa shape index (κ1) is 17.9. The monoisotopic (exact) mass is 358 g/mol. The summed E-state index contributed by atoms with van der Waals surface area (Å²) in [6.45, 7) is 2.82. The van der Waals surface area contributed by atoms with Crippen LogP contribution in [0.2, 0.25) is 0 Å². The van der Waals surface area contributed by atoms with Gasteiger partial charge >= 0.3 is 0 Å². The van der Waals surface area contributed by atoms with Crippen LogP contribution in [0.1, 0.15) is 31.9 Å². The van der Waals surface area contributed by atoms with Gasteiger partial charge in [-0.05, 0) is 37.1 Å². The standard InChI is InChI=1S/C19H26N4OS/c1-3-25-17-10-9-15(11-17)23-19(20-2)21-12-16-13-24-18(22-16)14-7-5-4-6-8-14/h4-8,13,15,17H,3,9-12H2,1-2H3,(H2,20,21,23). The number of guanidine groups is 1. The number of hydrogen-bond donors (Lipinski definition) is 2. The largest absolute Gasteiger partial charge is 0.444 e. The summed E-state index contributed by atoms with van der Waals surface area (Å²) in [5.41, 5.74) is 1.86. The van der Waals surface area contributed by atoms with E-state index in [4.69, 9.17) is 4.42 Å². The molecule has 1 aromatic heterocycles. The fourth-order valence-corrected chi connectivity index (χ4v) is 4.26. The lowest BCUT2D eigenvalue weighted by Crippen LogP contribution is -2.42. The second-order valence-corrected chi connectivity index (χ2v) is 7.74. The highest BCUT2D eigenvalue weighted by molar-refractivity contribution is 7.99. The molecule has 1 aromatic carbocycles. The zero-order valence-electron chi connectivity index (χ0n) is 14.9. The second-order valence-electron chi connectivity index (χ2n) is 6.17. The summed E-state index contributed by atoms with van der Waals surface area (Å²) in [4.78, 5) is 8.87. The summed E-state index contributed by atoms with van der Waals surface area (Å²) in [6, 6.07) is 10.4. The lowest BCUT2D eigenvalue weighted by Gasteiger charge is -2.17. The molecule has 1 aliphatic rings. The summed E-state index contributed by atoms with van der Waals surface area (Å²) in [6.07, 6.45) is 5.41. The zero-order valence-corrected chi connectivity index (χ0v) is 15.7. The topological polar surface area (TPSA) is 62.5 Å². The summed E-state index contributed by atoms with van der Waals surface area (Å²) in [7, 11) is 1.81. The number of nitrogens with one attached hydrogen (secondary N) is 2. The van der Waals surface area contributed by atoms with Crippen LogP contribution in [0.3, 0.4) is 0 Å². The summed E-state index contributed by atoms with van der Waals surface area (Å²) in [5, 5.41) is 7.65. The van der Waals surface area contributed by atoms with Gasteiger partial charge in [-0.3, -0.25) is 4.99 Å². The minimum absolute atomic E-state index is 0.507. The number of benzene rings is 1. The lowest BCUT2D eigenvalue weighted by atomic mass is 10.2.